The standard InChI is InChI=1S/C18H13F2N/c19-14-8-4-12(5-9-14)16-2-1-3-17(18(16)21)13-6-10-15(20)11-7-13/h1-11H,21H2. The van der Waals surface area contributed by atoms with Gasteiger partial charge in [0.2, 0.25) is 0 Å². The van der Waals surface area contributed by atoms with Gasteiger partial charge in [-0.1, -0.05) is 42.5 Å². The monoisotopic (exact) mass is 281 g/mol. The largest absolute Gasteiger partial charge is 0.398 e. The van der Waals surface area contributed by atoms with Crippen molar-refractivity contribution in [3.8, 4) is 22.3 Å². The topological polar surface area (TPSA) is 26.0 Å². The Hall–Kier alpha value is -2.68. The van der Waals surface area contributed by atoms with Gasteiger partial charge < -0.3 is 5.73 Å². The van der Waals surface area contributed by atoms with Gasteiger partial charge in [0.1, 0.15) is 11.6 Å². The first kappa shape index (κ1) is 13.3. The molecular weight excluding hydrogens is 268 g/mol. The van der Waals surface area contributed by atoms with Crippen LogP contribution in [0.2, 0.25) is 0 Å². The van der Waals surface area contributed by atoms with Gasteiger partial charge >= 0.3 is 0 Å². The molecule has 21 heavy (non-hydrogen) atoms. The molecule has 0 aliphatic carbocycles. The van der Waals surface area contributed by atoms with Gasteiger partial charge in [0.15, 0.2) is 0 Å². The summed E-state index contributed by atoms with van der Waals surface area (Å²) in [6.45, 7) is 0. The molecule has 3 rings (SSSR count). The van der Waals surface area contributed by atoms with Crippen molar-refractivity contribution in [2.45, 2.75) is 0 Å². The van der Waals surface area contributed by atoms with Crippen molar-refractivity contribution in [1.29, 1.82) is 0 Å². The van der Waals surface area contributed by atoms with Crippen LogP contribution in [0.5, 0.6) is 0 Å². The SMILES string of the molecule is Nc1c(-c2ccc(F)cc2)cccc1-c1ccc(F)cc1. The fraction of sp³-hybridized carbons (Fsp3) is 0. The predicted molar refractivity (Wildman–Crippen MR) is 81.6 cm³/mol. The lowest BCUT2D eigenvalue weighted by molar-refractivity contribution is 0.627. The number of hydrogen-bond donors (Lipinski definition) is 1. The summed E-state index contributed by atoms with van der Waals surface area (Å²) in [6, 6.07) is 18.0. The van der Waals surface area contributed by atoms with E-state index in [4.69, 9.17) is 5.73 Å². The van der Waals surface area contributed by atoms with Gasteiger partial charge in [0, 0.05) is 16.8 Å². The maximum atomic E-state index is 13.0. The number of anilines is 1. The molecule has 0 aromatic heterocycles. The zero-order valence-electron chi connectivity index (χ0n) is 11.2. The van der Waals surface area contributed by atoms with Crippen LogP contribution in [-0.2, 0) is 0 Å². The Morgan fingerprint density at radius 2 is 0.952 bits per heavy atom. The molecule has 1 nitrogen and oxygen atoms in total. The van der Waals surface area contributed by atoms with Crippen molar-refractivity contribution >= 4 is 5.69 Å². The minimum atomic E-state index is -0.285. The molecule has 0 amide bonds. The molecule has 0 spiro atoms. The molecule has 0 fully saturated rings. The molecular formula is C18H13F2N. The summed E-state index contributed by atoms with van der Waals surface area (Å²) in [5.74, 6) is -0.570. The molecule has 0 radical (unpaired) electrons. The summed E-state index contributed by atoms with van der Waals surface area (Å²) in [6.07, 6.45) is 0. The van der Waals surface area contributed by atoms with Crippen LogP contribution >= 0.6 is 0 Å². The molecule has 3 aromatic rings. The fourth-order valence-corrected chi connectivity index (χ4v) is 2.33. The van der Waals surface area contributed by atoms with E-state index in [2.05, 4.69) is 0 Å². The molecule has 0 atom stereocenters. The Balaban J connectivity index is 2.10. The van der Waals surface area contributed by atoms with Gasteiger partial charge in [-0.15, -0.1) is 0 Å². The summed E-state index contributed by atoms with van der Waals surface area (Å²) in [4.78, 5) is 0. The summed E-state index contributed by atoms with van der Waals surface area (Å²) in [5, 5.41) is 0. The number of para-hydroxylation sites is 1. The van der Waals surface area contributed by atoms with Gasteiger partial charge in [-0.3, -0.25) is 0 Å². The van der Waals surface area contributed by atoms with E-state index in [1.807, 2.05) is 18.2 Å². The average Bonchev–Trinajstić information content (AvgIpc) is 2.50. The molecule has 0 aliphatic heterocycles. The molecule has 3 aromatic carbocycles. The van der Waals surface area contributed by atoms with Crippen molar-refractivity contribution in [1.82, 2.24) is 0 Å². The van der Waals surface area contributed by atoms with Crippen LogP contribution in [0.4, 0.5) is 14.5 Å². The smallest absolute Gasteiger partial charge is 0.123 e. The molecule has 0 unspecified atom stereocenters. The normalized spacial score (nSPS) is 10.6. The zero-order valence-corrected chi connectivity index (χ0v) is 11.2. The minimum Gasteiger partial charge on any atom is -0.398 e. The van der Waals surface area contributed by atoms with Crippen molar-refractivity contribution < 1.29 is 8.78 Å². The summed E-state index contributed by atoms with van der Waals surface area (Å²) in [5.41, 5.74) is 10.2. The maximum Gasteiger partial charge on any atom is 0.123 e. The Kier molecular flexibility index (Phi) is 3.40. The van der Waals surface area contributed by atoms with Crippen molar-refractivity contribution in [3.05, 3.63) is 78.4 Å². The first-order chi connectivity index (χ1) is 10.1. The van der Waals surface area contributed by atoms with Crippen molar-refractivity contribution in [3.63, 3.8) is 0 Å². The highest BCUT2D eigenvalue weighted by Gasteiger charge is 2.09. The Morgan fingerprint density at radius 1 is 0.571 bits per heavy atom. The van der Waals surface area contributed by atoms with Crippen LogP contribution in [0.3, 0.4) is 0 Å². The molecule has 0 saturated carbocycles. The Morgan fingerprint density at radius 3 is 1.33 bits per heavy atom. The molecule has 0 heterocycles. The highest BCUT2D eigenvalue weighted by Crippen LogP contribution is 2.34. The summed E-state index contributed by atoms with van der Waals surface area (Å²) in [7, 11) is 0. The van der Waals surface area contributed by atoms with E-state index >= 15 is 0 Å². The number of benzene rings is 3. The van der Waals surface area contributed by atoms with Gasteiger partial charge in [0.25, 0.3) is 0 Å². The van der Waals surface area contributed by atoms with E-state index in [0.29, 0.717) is 5.69 Å². The first-order valence-electron chi connectivity index (χ1n) is 6.55. The minimum absolute atomic E-state index is 0.285. The van der Waals surface area contributed by atoms with Gasteiger partial charge in [-0.05, 0) is 35.4 Å². The van der Waals surface area contributed by atoms with Crippen LogP contribution in [0, 0.1) is 11.6 Å². The average molecular weight is 281 g/mol. The highest BCUT2D eigenvalue weighted by molar-refractivity contribution is 5.88. The molecule has 0 aliphatic rings. The number of hydrogen-bond acceptors (Lipinski definition) is 1. The first-order valence-corrected chi connectivity index (χ1v) is 6.55. The molecule has 0 saturated heterocycles. The lowest BCUT2D eigenvalue weighted by Crippen LogP contribution is -1.94. The lowest BCUT2D eigenvalue weighted by Gasteiger charge is -2.11. The zero-order chi connectivity index (χ0) is 14.8. The van der Waals surface area contributed by atoms with Crippen molar-refractivity contribution in [2.24, 2.45) is 0 Å². The van der Waals surface area contributed by atoms with E-state index in [9.17, 15) is 8.78 Å². The quantitative estimate of drug-likeness (QED) is 0.665. The van der Waals surface area contributed by atoms with E-state index < -0.39 is 0 Å². The molecule has 104 valence electrons. The van der Waals surface area contributed by atoms with Gasteiger partial charge in [-0.2, -0.15) is 0 Å². The van der Waals surface area contributed by atoms with E-state index in [0.717, 1.165) is 22.3 Å². The summed E-state index contributed by atoms with van der Waals surface area (Å²) < 4.78 is 26.0. The van der Waals surface area contributed by atoms with E-state index in [1.165, 1.54) is 24.3 Å². The van der Waals surface area contributed by atoms with E-state index in [1.54, 1.807) is 24.3 Å². The second-order valence-corrected chi connectivity index (χ2v) is 4.78. The number of rotatable bonds is 2. The van der Waals surface area contributed by atoms with Crippen LogP contribution in [0.15, 0.2) is 66.7 Å². The van der Waals surface area contributed by atoms with Gasteiger partial charge in [-0.25, -0.2) is 8.78 Å². The number of halogens is 2. The van der Waals surface area contributed by atoms with E-state index in [-0.39, 0.29) is 11.6 Å². The van der Waals surface area contributed by atoms with Crippen LogP contribution in [0.1, 0.15) is 0 Å². The second kappa shape index (κ2) is 5.37. The Labute approximate surface area is 121 Å². The third-order valence-corrected chi connectivity index (χ3v) is 3.42. The highest BCUT2D eigenvalue weighted by atomic mass is 19.1. The third kappa shape index (κ3) is 2.63. The summed E-state index contributed by atoms with van der Waals surface area (Å²) >= 11 is 0. The maximum absolute atomic E-state index is 13.0. The van der Waals surface area contributed by atoms with Crippen LogP contribution in [0.25, 0.3) is 22.3 Å². The fourth-order valence-electron chi connectivity index (χ4n) is 2.33. The second-order valence-electron chi connectivity index (χ2n) is 4.78. The van der Waals surface area contributed by atoms with Gasteiger partial charge in [0.05, 0.1) is 0 Å². The number of nitrogens with two attached hydrogens (primary N) is 1. The molecule has 2 N–H and O–H groups in total. The molecule has 3 heteroatoms. The van der Waals surface area contributed by atoms with Crippen molar-refractivity contribution in [2.75, 3.05) is 5.73 Å². The van der Waals surface area contributed by atoms with Crippen LogP contribution < -0.4 is 5.73 Å². The third-order valence-electron chi connectivity index (χ3n) is 3.42. The predicted octanol–water partition coefficient (Wildman–Crippen LogP) is 4.88. The number of nitrogen functional groups attached to an aromatic ring is 1. The lowest BCUT2D eigenvalue weighted by atomic mass is 9.96. The van der Waals surface area contributed by atoms with Crippen LogP contribution in [-0.4, -0.2) is 0 Å². The molecule has 0 bridgehead atoms. The Bertz CT molecular complexity index is 698.